The second-order valence-corrected chi connectivity index (χ2v) is 4.89. The van der Waals surface area contributed by atoms with Crippen LogP contribution in [0.4, 0.5) is 0 Å². The Bertz CT molecular complexity index is 389. The number of nitrogens with zero attached hydrogens (tertiary/aromatic N) is 1. The summed E-state index contributed by atoms with van der Waals surface area (Å²) < 4.78 is 6.15. The first-order chi connectivity index (χ1) is 9.19. The number of aliphatic hydroxyl groups is 1. The summed E-state index contributed by atoms with van der Waals surface area (Å²) in [5.74, 6) is 0.773. The van der Waals surface area contributed by atoms with Crippen molar-refractivity contribution in [2.75, 3.05) is 6.61 Å². The van der Waals surface area contributed by atoms with E-state index in [0.717, 1.165) is 31.4 Å². The minimum Gasteiger partial charge on any atom is -0.487 e. The summed E-state index contributed by atoms with van der Waals surface area (Å²) in [5, 5.41) is 18.1. The maximum Gasteiger partial charge on any atom is 0.120 e. The van der Waals surface area contributed by atoms with E-state index in [4.69, 9.17) is 10.00 Å². The van der Waals surface area contributed by atoms with Crippen LogP contribution in [-0.2, 0) is 0 Å². The summed E-state index contributed by atoms with van der Waals surface area (Å²) in [4.78, 5) is 0. The van der Waals surface area contributed by atoms with Crippen LogP contribution in [0.5, 0.6) is 5.75 Å². The third-order valence-corrected chi connectivity index (χ3v) is 3.30. The van der Waals surface area contributed by atoms with Crippen LogP contribution < -0.4 is 4.74 Å². The summed E-state index contributed by atoms with van der Waals surface area (Å²) in [6, 6.07) is 9.28. The van der Waals surface area contributed by atoms with Crippen LogP contribution in [0.1, 0.15) is 51.5 Å². The lowest BCUT2D eigenvalue weighted by molar-refractivity contribution is 0.0237. The average molecular weight is 261 g/mol. The van der Waals surface area contributed by atoms with Crippen LogP contribution in [0.25, 0.3) is 0 Å². The number of benzene rings is 1. The molecule has 0 heterocycles. The zero-order valence-electron chi connectivity index (χ0n) is 11.9. The zero-order chi connectivity index (χ0) is 14.1. The van der Waals surface area contributed by atoms with Crippen molar-refractivity contribution in [2.45, 2.75) is 51.6 Å². The molecule has 0 saturated heterocycles. The second-order valence-electron chi connectivity index (χ2n) is 4.89. The van der Waals surface area contributed by atoms with Gasteiger partial charge in [0.1, 0.15) is 11.4 Å². The van der Waals surface area contributed by atoms with Crippen molar-refractivity contribution < 1.29 is 9.84 Å². The SMILES string of the molecule is CCCC(CCC)(CCO)Oc1ccc(C#N)cc1. The second kappa shape index (κ2) is 7.81. The molecule has 0 aromatic heterocycles. The van der Waals surface area contributed by atoms with Crippen molar-refractivity contribution in [3.63, 3.8) is 0 Å². The van der Waals surface area contributed by atoms with E-state index in [1.54, 1.807) is 12.1 Å². The van der Waals surface area contributed by atoms with Crippen LogP contribution in [0.15, 0.2) is 24.3 Å². The van der Waals surface area contributed by atoms with Gasteiger partial charge in [0, 0.05) is 13.0 Å². The predicted molar refractivity (Wildman–Crippen MR) is 76.0 cm³/mol. The zero-order valence-corrected chi connectivity index (χ0v) is 11.9. The van der Waals surface area contributed by atoms with E-state index in [0.29, 0.717) is 12.0 Å². The summed E-state index contributed by atoms with van der Waals surface area (Å²) >= 11 is 0. The summed E-state index contributed by atoms with van der Waals surface area (Å²) in [7, 11) is 0. The molecule has 0 spiro atoms. The molecule has 0 amide bonds. The van der Waals surface area contributed by atoms with Gasteiger partial charge in [-0.15, -0.1) is 0 Å². The van der Waals surface area contributed by atoms with E-state index in [9.17, 15) is 5.11 Å². The highest BCUT2D eigenvalue weighted by atomic mass is 16.5. The van der Waals surface area contributed by atoms with E-state index in [1.165, 1.54) is 0 Å². The molecule has 3 heteroatoms. The van der Waals surface area contributed by atoms with Crippen molar-refractivity contribution in [3.05, 3.63) is 29.8 Å². The van der Waals surface area contributed by atoms with Crippen molar-refractivity contribution in [1.82, 2.24) is 0 Å². The smallest absolute Gasteiger partial charge is 0.120 e. The van der Waals surface area contributed by atoms with Gasteiger partial charge < -0.3 is 9.84 Å². The van der Waals surface area contributed by atoms with Gasteiger partial charge in [-0.25, -0.2) is 0 Å². The molecule has 1 N–H and O–H groups in total. The van der Waals surface area contributed by atoms with E-state index in [2.05, 4.69) is 19.9 Å². The Morgan fingerprint density at radius 1 is 1.11 bits per heavy atom. The molecule has 3 nitrogen and oxygen atoms in total. The largest absolute Gasteiger partial charge is 0.487 e. The summed E-state index contributed by atoms with van der Waals surface area (Å²) in [6.07, 6.45) is 4.56. The predicted octanol–water partition coefficient (Wildman–Crippen LogP) is 3.66. The van der Waals surface area contributed by atoms with Crippen LogP contribution in [0.3, 0.4) is 0 Å². The molecule has 0 bridgehead atoms. The van der Waals surface area contributed by atoms with Gasteiger partial charge in [0.15, 0.2) is 0 Å². The molecule has 0 saturated carbocycles. The molecule has 1 aromatic rings. The molecule has 19 heavy (non-hydrogen) atoms. The van der Waals surface area contributed by atoms with Gasteiger partial charge >= 0.3 is 0 Å². The third kappa shape index (κ3) is 4.57. The lowest BCUT2D eigenvalue weighted by atomic mass is 9.89. The maximum absolute atomic E-state index is 9.29. The number of hydrogen-bond acceptors (Lipinski definition) is 3. The summed E-state index contributed by atoms with van der Waals surface area (Å²) in [6.45, 7) is 4.39. The molecule has 0 unspecified atom stereocenters. The lowest BCUT2D eigenvalue weighted by Crippen LogP contribution is -2.37. The molecule has 1 rings (SSSR count). The monoisotopic (exact) mass is 261 g/mol. The number of hydrogen-bond donors (Lipinski definition) is 1. The number of rotatable bonds is 8. The quantitative estimate of drug-likeness (QED) is 0.777. The molecule has 0 atom stereocenters. The molecule has 0 aliphatic rings. The molecular weight excluding hydrogens is 238 g/mol. The van der Waals surface area contributed by atoms with Gasteiger partial charge in [-0.05, 0) is 37.1 Å². The highest BCUT2D eigenvalue weighted by Gasteiger charge is 2.30. The fraction of sp³-hybridized carbons (Fsp3) is 0.562. The molecule has 0 aliphatic heterocycles. The van der Waals surface area contributed by atoms with Crippen molar-refractivity contribution in [2.24, 2.45) is 0 Å². The Balaban J connectivity index is 2.87. The maximum atomic E-state index is 9.29. The van der Waals surface area contributed by atoms with Crippen LogP contribution in [-0.4, -0.2) is 17.3 Å². The first-order valence-electron chi connectivity index (χ1n) is 6.99. The Morgan fingerprint density at radius 2 is 1.68 bits per heavy atom. The van der Waals surface area contributed by atoms with E-state index >= 15 is 0 Å². The van der Waals surface area contributed by atoms with Crippen LogP contribution >= 0.6 is 0 Å². The van der Waals surface area contributed by atoms with E-state index < -0.39 is 0 Å². The van der Waals surface area contributed by atoms with Gasteiger partial charge in [0.2, 0.25) is 0 Å². The van der Waals surface area contributed by atoms with E-state index in [1.807, 2.05) is 12.1 Å². The molecule has 104 valence electrons. The van der Waals surface area contributed by atoms with Gasteiger partial charge in [-0.1, -0.05) is 26.7 Å². The lowest BCUT2D eigenvalue weighted by Gasteiger charge is -2.34. The minimum atomic E-state index is -0.285. The Morgan fingerprint density at radius 3 is 2.11 bits per heavy atom. The average Bonchev–Trinajstić information content (AvgIpc) is 2.40. The molecular formula is C16H23NO2. The summed E-state index contributed by atoms with van der Waals surface area (Å²) in [5.41, 5.74) is 0.345. The third-order valence-electron chi connectivity index (χ3n) is 3.30. The Labute approximate surface area is 115 Å². The van der Waals surface area contributed by atoms with E-state index in [-0.39, 0.29) is 12.2 Å². The van der Waals surface area contributed by atoms with Crippen LogP contribution in [0, 0.1) is 11.3 Å². The standard InChI is InChI=1S/C16H23NO2/c1-3-9-16(10-4-2,11-12-18)19-15-7-5-14(13-17)6-8-15/h5-8,18H,3-4,9-12H2,1-2H3. The van der Waals surface area contributed by atoms with Gasteiger partial charge in [-0.2, -0.15) is 5.26 Å². The minimum absolute atomic E-state index is 0.135. The van der Waals surface area contributed by atoms with Crippen LogP contribution in [0.2, 0.25) is 0 Å². The number of aliphatic hydroxyl groups excluding tert-OH is 1. The van der Waals surface area contributed by atoms with Crippen molar-refractivity contribution >= 4 is 0 Å². The van der Waals surface area contributed by atoms with Gasteiger partial charge in [0.05, 0.1) is 11.6 Å². The first kappa shape index (κ1) is 15.5. The normalized spacial score (nSPS) is 11.1. The van der Waals surface area contributed by atoms with Crippen molar-refractivity contribution in [3.8, 4) is 11.8 Å². The Kier molecular flexibility index (Phi) is 6.38. The molecule has 0 fully saturated rings. The fourth-order valence-electron chi connectivity index (χ4n) is 2.49. The highest BCUT2D eigenvalue weighted by Crippen LogP contribution is 2.30. The number of ether oxygens (including phenoxy) is 1. The molecule has 1 aromatic carbocycles. The topological polar surface area (TPSA) is 53.2 Å². The number of nitriles is 1. The Hall–Kier alpha value is -1.53. The van der Waals surface area contributed by atoms with Crippen molar-refractivity contribution in [1.29, 1.82) is 5.26 Å². The highest BCUT2D eigenvalue weighted by molar-refractivity contribution is 5.34. The molecule has 0 radical (unpaired) electrons. The van der Waals surface area contributed by atoms with Gasteiger partial charge in [-0.3, -0.25) is 0 Å². The first-order valence-corrected chi connectivity index (χ1v) is 6.99. The van der Waals surface area contributed by atoms with Gasteiger partial charge in [0.25, 0.3) is 0 Å². The fourth-order valence-corrected chi connectivity index (χ4v) is 2.49. The molecule has 0 aliphatic carbocycles.